The third-order valence-electron chi connectivity index (χ3n) is 10.8. The summed E-state index contributed by atoms with van der Waals surface area (Å²) in [6, 6.07) is 15.1. The van der Waals surface area contributed by atoms with E-state index < -0.39 is 0 Å². The van der Waals surface area contributed by atoms with Crippen LogP contribution in [0.1, 0.15) is 53.1 Å². The molecule has 22 heteroatoms. The van der Waals surface area contributed by atoms with Crippen molar-refractivity contribution < 1.29 is 28.4 Å². The molecule has 0 spiro atoms. The molecular formula is C47H64N12O6S4. The van der Waals surface area contributed by atoms with Gasteiger partial charge in [-0.2, -0.15) is 0 Å². The highest BCUT2D eigenvalue weighted by Crippen LogP contribution is 2.41. The van der Waals surface area contributed by atoms with Gasteiger partial charge in [0.2, 0.25) is 0 Å². The van der Waals surface area contributed by atoms with Crippen LogP contribution in [0.5, 0.6) is 23.0 Å². The van der Waals surface area contributed by atoms with Gasteiger partial charge in [0, 0.05) is 72.3 Å². The first-order chi connectivity index (χ1) is 33.2. The van der Waals surface area contributed by atoms with E-state index in [2.05, 4.69) is 82.6 Å². The quantitative estimate of drug-likeness (QED) is 0.0351. The molecule has 2 fully saturated rings. The lowest BCUT2D eigenvalue weighted by Crippen LogP contribution is -2.38. The molecule has 6 aromatic rings. The molecule has 6 heterocycles. The number of ether oxygens (including phenoxy) is 6. The van der Waals surface area contributed by atoms with E-state index in [0.717, 1.165) is 109 Å². The van der Waals surface area contributed by atoms with E-state index in [9.17, 15) is 0 Å². The number of nitrogens with two attached hydrogens (primary N) is 4. The maximum Gasteiger partial charge on any atom is 0.200 e. The number of rotatable bonds is 16. The van der Waals surface area contributed by atoms with Gasteiger partial charge in [-0.05, 0) is 75.3 Å². The number of hydrogen-bond donors (Lipinski definition) is 5. The van der Waals surface area contributed by atoms with Crippen LogP contribution in [0, 0.1) is 18.6 Å². The summed E-state index contributed by atoms with van der Waals surface area (Å²) in [6.07, 6.45) is 0. The van der Waals surface area contributed by atoms with E-state index in [1.807, 2.05) is 30.3 Å². The van der Waals surface area contributed by atoms with Crippen LogP contribution >= 0.6 is 46.7 Å². The van der Waals surface area contributed by atoms with Crippen molar-refractivity contribution >= 4 is 69.9 Å². The zero-order valence-corrected chi connectivity index (χ0v) is 43.5. The van der Waals surface area contributed by atoms with Gasteiger partial charge in [-0.3, -0.25) is 9.80 Å². The average Bonchev–Trinajstić information content (AvgIpc) is 3.92. The van der Waals surface area contributed by atoms with Gasteiger partial charge < -0.3 is 56.3 Å². The van der Waals surface area contributed by atoms with Crippen molar-refractivity contribution in [1.82, 2.24) is 39.7 Å². The number of nitrogens with zero attached hydrogens (tertiary/aromatic N) is 7. The molecule has 0 radical (unpaired) electrons. The smallest absolute Gasteiger partial charge is 0.200 e. The Hall–Kier alpha value is -5.33. The van der Waals surface area contributed by atoms with E-state index in [1.54, 1.807) is 43.0 Å². The Labute approximate surface area is 421 Å². The Balaban J connectivity index is 0.000000196. The number of thioether (sulfide) groups is 1. The van der Waals surface area contributed by atoms with E-state index >= 15 is 0 Å². The molecule has 0 aliphatic carbocycles. The minimum absolute atomic E-state index is 0.0358. The number of benzene rings is 2. The van der Waals surface area contributed by atoms with Gasteiger partial charge in [-0.1, -0.05) is 25.6 Å². The van der Waals surface area contributed by atoms with Crippen LogP contribution in [0.2, 0.25) is 0 Å². The third-order valence-corrected chi connectivity index (χ3v) is 14.0. The fourth-order valence-corrected chi connectivity index (χ4v) is 10.6. The van der Waals surface area contributed by atoms with Crippen molar-refractivity contribution in [3.63, 3.8) is 0 Å². The maximum atomic E-state index is 6.10. The molecular weight excluding hydrogens is 957 g/mol. The van der Waals surface area contributed by atoms with Gasteiger partial charge >= 0.3 is 0 Å². The number of morpholine rings is 2. The highest BCUT2D eigenvalue weighted by molar-refractivity contribution is 7.99. The van der Waals surface area contributed by atoms with Crippen LogP contribution < -0.4 is 41.9 Å². The topological polar surface area (TPSA) is 246 Å². The summed E-state index contributed by atoms with van der Waals surface area (Å²) in [6.45, 7) is 20.6. The molecule has 372 valence electrons. The molecule has 0 saturated carbocycles. The Morgan fingerprint density at radius 2 is 1.12 bits per heavy atom. The number of thiazole rings is 2. The Kier molecular flexibility index (Phi) is 20.0. The van der Waals surface area contributed by atoms with Crippen LogP contribution in [-0.4, -0.2) is 133 Å². The second kappa shape index (κ2) is 26.0. The number of aromatic amines is 1. The van der Waals surface area contributed by atoms with Crippen molar-refractivity contribution in [2.45, 2.75) is 50.9 Å². The first-order valence-electron chi connectivity index (χ1n) is 22.6. The average molecular weight is 1020 g/mol. The van der Waals surface area contributed by atoms with Gasteiger partial charge in [0.1, 0.15) is 46.5 Å². The number of nitrogens with one attached hydrogen (secondary N) is 1. The number of aromatic nitrogens is 6. The number of hydrogen-bond acceptors (Lipinski definition) is 21. The SMILES string of the molecule is COc1ccc(-c2nc(C(C)C)c(C)s2)cc1OCCN1CCOCC1.COc1ccc(-c2nc(C(C)Sc3nc(N)cc(N)n3)c(C)s2)cc1OCCN1CCOCC1.Nc1cc(N)[nH]c(=S)n1. The van der Waals surface area contributed by atoms with Crippen molar-refractivity contribution in [3.05, 3.63) is 74.4 Å². The summed E-state index contributed by atoms with van der Waals surface area (Å²) in [5.41, 5.74) is 26.4. The predicted octanol–water partition coefficient (Wildman–Crippen LogP) is 7.91. The fraction of sp³-hybridized carbons (Fsp3) is 0.447. The highest BCUT2D eigenvalue weighted by atomic mass is 32.2. The van der Waals surface area contributed by atoms with Gasteiger partial charge in [-0.25, -0.2) is 24.9 Å². The lowest BCUT2D eigenvalue weighted by Gasteiger charge is -2.26. The van der Waals surface area contributed by atoms with Crippen LogP contribution in [-0.2, 0) is 9.47 Å². The van der Waals surface area contributed by atoms with Crippen molar-refractivity contribution in [2.24, 2.45) is 0 Å². The molecule has 2 aliphatic rings. The molecule has 1 unspecified atom stereocenters. The normalized spacial score (nSPS) is 14.6. The Bertz CT molecular complexity index is 2590. The molecule has 9 N–H and O–H groups in total. The molecule has 4 aromatic heterocycles. The fourth-order valence-electron chi connectivity index (χ4n) is 7.27. The zero-order valence-electron chi connectivity index (χ0n) is 40.3. The molecule has 18 nitrogen and oxygen atoms in total. The van der Waals surface area contributed by atoms with Gasteiger partial charge in [-0.15, -0.1) is 22.7 Å². The van der Waals surface area contributed by atoms with E-state index in [0.29, 0.717) is 63.8 Å². The molecule has 69 heavy (non-hydrogen) atoms. The van der Waals surface area contributed by atoms with Crippen molar-refractivity contribution in [1.29, 1.82) is 0 Å². The summed E-state index contributed by atoms with van der Waals surface area (Å²) in [5, 5.41) is 2.54. The van der Waals surface area contributed by atoms with E-state index in [4.69, 9.17) is 61.3 Å². The first kappa shape index (κ1) is 53.0. The summed E-state index contributed by atoms with van der Waals surface area (Å²) in [5.74, 6) is 4.89. The molecule has 8 rings (SSSR count). The third kappa shape index (κ3) is 15.8. The van der Waals surface area contributed by atoms with Crippen LogP contribution in [0.4, 0.5) is 23.3 Å². The Morgan fingerprint density at radius 3 is 1.55 bits per heavy atom. The van der Waals surface area contributed by atoms with E-state index in [-0.39, 0.29) is 5.25 Å². The standard InChI is InChI=1S/C23H30N6O3S2.C20H28N2O3S.C4H6N4S/c1-14-21(15(2)34-23-26-19(24)13-20(25)27-23)28-22(33-14)16-4-5-17(30-3)18(12-16)32-11-8-29-6-9-31-10-7-29;1-14(2)19-15(3)26-20(21-19)16-5-6-17(23-4)18(13-16)25-12-9-22-7-10-24-11-8-22;5-2-1-3(6)8-4(9)7-2/h4-5,12-13,15H,6-11H2,1-3H3,(H4,24,25,26,27);5-6,13-14H,7-12H2,1-4H3;1H,(H5,5,6,7,8,9). The maximum absolute atomic E-state index is 6.10. The summed E-state index contributed by atoms with van der Waals surface area (Å²) >= 11 is 9.53. The second-order valence-corrected chi connectivity index (χ2v) is 20.3. The summed E-state index contributed by atoms with van der Waals surface area (Å²) in [4.78, 5) is 31.7. The van der Waals surface area contributed by atoms with E-state index in [1.165, 1.54) is 28.4 Å². The lowest BCUT2D eigenvalue weighted by molar-refractivity contribution is 0.0320. The molecule has 1 atom stereocenters. The van der Waals surface area contributed by atoms with Gasteiger partial charge in [0.05, 0.1) is 57.3 Å². The Morgan fingerprint density at radius 1 is 0.652 bits per heavy atom. The van der Waals surface area contributed by atoms with Gasteiger partial charge in [0.25, 0.3) is 0 Å². The number of H-pyrrole nitrogens is 1. The van der Waals surface area contributed by atoms with Crippen LogP contribution in [0.3, 0.4) is 0 Å². The minimum atomic E-state index is 0.0358. The van der Waals surface area contributed by atoms with Crippen LogP contribution in [0.15, 0.2) is 53.7 Å². The summed E-state index contributed by atoms with van der Waals surface area (Å²) < 4.78 is 34.2. The molecule has 2 saturated heterocycles. The molecule has 0 bridgehead atoms. The molecule has 2 aromatic carbocycles. The monoisotopic (exact) mass is 1020 g/mol. The molecule has 0 amide bonds. The minimum Gasteiger partial charge on any atom is -0.493 e. The van der Waals surface area contributed by atoms with Crippen molar-refractivity contribution in [2.75, 3.05) is 116 Å². The zero-order chi connectivity index (χ0) is 49.5. The van der Waals surface area contributed by atoms with Gasteiger partial charge in [0.15, 0.2) is 32.9 Å². The van der Waals surface area contributed by atoms with Crippen molar-refractivity contribution in [3.8, 4) is 44.1 Å². The largest absolute Gasteiger partial charge is 0.493 e. The number of anilines is 4. The first-order valence-corrected chi connectivity index (χ1v) is 25.5. The number of aryl methyl sites for hydroxylation is 2. The van der Waals surface area contributed by atoms with Crippen LogP contribution in [0.25, 0.3) is 21.1 Å². The predicted molar refractivity (Wildman–Crippen MR) is 281 cm³/mol. The molecule has 2 aliphatic heterocycles. The second-order valence-electron chi connectivity index (χ2n) is 16.2. The lowest BCUT2D eigenvalue weighted by atomic mass is 10.1. The summed E-state index contributed by atoms with van der Waals surface area (Å²) in [7, 11) is 3.33. The number of methoxy groups -OCH3 is 2. The highest BCUT2D eigenvalue weighted by Gasteiger charge is 2.21. The number of nitrogen functional groups attached to an aromatic ring is 4.